The zero-order valence-electron chi connectivity index (χ0n) is 12.9. The van der Waals surface area contributed by atoms with Gasteiger partial charge >= 0.3 is 0 Å². The minimum absolute atomic E-state index is 0. The standard InChI is InChI=1S/C18H25NO.ClH/c1-2-3-4-5-6-7-8-11-16-14-13-15-10-9-12-17(20)18(15)19-16;/h9-10,12-14,20H,2-8,11H2,1H3;1H. The Labute approximate surface area is 134 Å². The summed E-state index contributed by atoms with van der Waals surface area (Å²) < 4.78 is 0. The second kappa shape index (κ2) is 9.62. The number of phenolic OH excluding ortho intramolecular Hbond substituents is 1. The van der Waals surface area contributed by atoms with Crippen LogP contribution in [0.15, 0.2) is 30.3 Å². The summed E-state index contributed by atoms with van der Waals surface area (Å²) in [7, 11) is 0. The second-order valence-corrected chi connectivity index (χ2v) is 5.60. The third-order valence-electron chi connectivity index (χ3n) is 3.87. The Balaban J connectivity index is 0.00000220. The van der Waals surface area contributed by atoms with Crippen LogP contribution in [0.5, 0.6) is 5.75 Å². The molecule has 116 valence electrons. The Hall–Kier alpha value is -1.28. The molecule has 0 spiro atoms. The number of benzene rings is 1. The van der Waals surface area contributed by atoms with E-state index in [9.17, 15) is 5.11 Å². The quantitative estimate of drug-likeness (QED) is 0.740. The molecule has 0 atom stereocenters. The van der Waals surface area contributed by atoms with Crippen LogP contribution in [0.2, 0.25) is 0 Å². The van der Waals surface area contributed by atoms with E-state index in [0.29, 0.717) is 5.75 Å². The molecule has 0 radical (unpaired) electrons. The number of halogens is 1. The predicted octanol–water partition coefficient (Wildman–Crippen LogP) is 1.66. The summed E-state index contributed by atoms with van der Waals surface area (Å²) in [5, 5.41) is 10.9. The Bertz CT molecular complexity index is 542. The first-order valence-electron chi connectivity index (χ1n) is 7.94. The highest BCUT2D eigenvalue weighted by atomic mass is 35.5. The number of rotatable bonds is 8. The number of pyridine rings is 1. The van der Waals surface area contributed by atoms with Gasteiger partial charge in [-0.05, 0) is 24.6 Å². The van der Waals surface area contributed by atoms with Crippen molar-refractivity contribution >= 4 is 10.9 Å². The van der Waals surface area contributed by atoms with Crippen molar-refractivity contribution in [2.45, 2.75) is 58.3 Å². The van der Waals surface area contributed by atoms with E-state index in [1.165, 1.54) is 50.6 Å². The topological polar surface area (TPSA) is 34.4 Å². The molecule has 0 saturated heterocycles. The van der Waals surface area contributed by atoms with Gasteiger partial charge in [0.05, 0.1) is 5.39 Å². The monoisotopic (exact) mass is 307 g/mol. The fraction of sp³-hybridized carbons (Fsp3) is 0.500. The van der Waals surface area contributed by atoms with Crippen LogP contribution in [0, 0.1) is 0 Å². The van der Waals surface area contributed by atoms with E-state index in [1.54, 1.807) is 6.07 Å². The lowest BCUT2D eigenvalue weighted by Crippen LogP contribution is -3.00. The summed E-state index contributed by atoms with van der Waals surface area (Å²) in [6, 6.07) is 9.85. The number of phenols is 1. The summed E-state index contributed by atoms with van der Waals surface area (Å²) in [6.45, 7) is 2.25. The van der Waals surface area contributed by atoms with Gasteiger partial charge < -0.3 is 17.5 Å². The van der Waals surface area contributed by atoms with E-state index >= 15 is 0 Å². The van der Waals surface area contributed by atoms with Crippen LogP contribution < -0.4 is 17.4 Å². The molecule has 0 amide bonds. The lowest BCUT2D eigenvalue weighted by molar-refractivity contribution is -0.358. The molecule has 1 heterocycles. The van der Waals surface area contributed by atoms with Crippen LogP contribution in [0.1, 0.15) is 57.6 Å². The van der Waals surface area contributed by atoms with E-state index in [2.05, 4.69) is 24.0 Å². The third-order valence-corrected chi connectivity index (χ3v) is 3.87. The number of hydrogen-bond donors (Lipinski definition) is 1. The summed E-state index contributed by atoms with van der Waals surface area (Å²) in [5.41, 5.74) is 2.07. The van der Waals surface area contributed by atoms with Crippen molar-refractivity contribution in [3.8, 4) is 5.75 Å². The molecule has 21 heavy (non-hydrogen) atoms. The summed E-state index contributed by atoms with van der Waals surface area (Å²) in [4.78, 5) is 3.36. The maximum absolute atomic E-state index is 9.86. The van der Waals surface area contributed by atoms with Gasteiger partial charge in [-0.3, -0.25) is 0 Å². The van der Waals surface area contributed by atoms with Gasteiger partial charge in [0, 0.05) is 12.5 Å². The third kappa shape index (κ3) is 5.55. The maximum atomic E-state index is 9.86. The average Bonchev–Trinajstić information content (AvgIpc) is 2.47. The average molecular weight is 308 g/mol. The number of para-hydroxylation sites is 1. The van der Waals surface area contributed by atoms with E-state index in [-0.39, 0.29) is 12.4 Å². The number of aromatic nitrogens is 1. The molecule has 2 rings (SSSR count). The normalized spacial score (nSPS) is 10.5. The molecule has 0 aliphatic carbocycles. The summed E-state index contributed by atoms with van der Waals surface area (Å²) in [5.74, 6) is 0.337. The van der Waals surface area contributed by atoms with Crippen molar-refractivity contribution in [1.82, 2.24) is 0 Å². The molecular formula is C18H26ClNO. The van der Waals surface area contributed by atoms with Crippen molar-refractivity contribution in [2.24, 2.45) is 0 Å². The molecule has 0 bridgehead atoms. The highest BCUT2D eigenvalue weighted by molar-refractivity contribution is 5.80. The van der Waals surface area contributed by atoms with Crippen LogP contribution in [-0.2, 0) is 6.42 Å². The van der Waals surface area contributed by atoms with Crippen LogP contribution in [0.3, 0.4) is 0 Å². The smallest absolute Gasteiger partial charge is 0.253 e. The first kappa shape index (κ1) is 17.8. The predicted molar refractivity (Wildman–Crippen MR) is 83.9 cm³/mol. The number of fused-ring (bicyclic) bond motifs is 1. The summed E-state index contributed by atoms with van der Waals surface area (Å²) in [6.07, 6.45) is 10.4. The number of nitrogens with one attached hydrogen (secondary N) is 1. The number of hydrogen-bond acceptors (Lipinski definition) is 1. The lowest BCUT2D eigenvalue weighted by atomic mass is 10.1. The van der Waals surface area contributed by atoms with Crippen molar-refractivity contribution in [1.29, 1.82) is 0 Å². The molecule has 0 unspecified atom stereocenters. The molecule has 3 heteroatoms. The number of aromatic hydroxyl groups is 1. The van der Waals surface area contributed by atoms with Crippen molar-refractivity contribution in [2.75, 3.05) is 0 Å². The van der Waals surface area contributed by atoms with Gasteiger partial charge in [0.25, 0.3) is 5.52 Å². The molecule has 2 N–H and O–H groups in total. The Morgan fingerprint density at radius 2 is 1.62 bits per heavy atom. The zero-order valence-corrected chi connectivity index (χ0v) is 13.6. The fourth-order valence-corrected chi connectivity index (χ4v) is 2.64. The van der Waals surface area contributed by atoms with E-state index in [0.717, 1.165) is 17.3 Å². The SMILES string of the molecule is CCCCCCCCCc1ccc2cccc(O)c2[nH+]1.[Cl-]. The first-order valence-corrected chi connectivity index (χ1v) is 7.94. The molecule has 0 fully saturated rings. The number of H-pyrrole nitrogens is 1. The van der Waals surface area contributed by atoms with Gasteiger partial charge in [-0.2, -0.15) is 0 Å². The molecule has 1 aromatic heterocycles. The van der Waals surface area contributed by atoms with E-state index in [4.69, 9.17) is 0 Å². The first-order chi connectivity index (χ1) is 9.81. The zero-order chi connectivity index (χ0) is 14.2. The number of unbranched alkanes of at least 4 members (excludes halogenated alkanes) is 6. The summed E-state index contributed by atoms with van der Waals surface area (Å²) >= 11 is 0. The minimum Gasteiger partial charge on any atom is -1.00 e. The minimum atomic E-state index is 0. The molecular weight excluding hydrogens is 282 g/mol. The van der Waals surface area contributed by atoms with Gasteiger partial charge in [-0.15, -0.1) is 0 Å². The van der Waals surface area contributed by atoms with Gasteiger partial charge in [-0.25, -0.2) is 4.98 Å². The van der Waals surface area contributed by atoms with Gasteiger partial charge in [0.15, 0.2) is 11.4 Å². The molecule has 0 aliphatic rings. The van der Waals surface area contributed by atoms with Crippen LogP contribution in [0.25, 0.3) is 10.9 Å². The molecule has 0 saturated carbocycles. The Morgan fingerprint density at radius 3 is 2.38 bits per heavy atom. The maximum Gasteiger partial charge on any atom is 0.253 e. The van der Waals surface area contributed by atoms with Crippen molar-refractivity contribution in [3.63, 3.8) is 0 Å². The molecule has 1 aromatic carbocycles. The molecule has 2 nitrogen and oxygen atoms in total. The van der Waals surface area contributed by atoms with Crippen molar-refractivity contribution in [3.05, 3.63) is 36.0 Å². The second-order valence-electron chi connectivity index (χ2n) is 5.60. The number of aromatic amines is 1. The highest BCUT2D eigenvalue weighted by Gasteiger charge is 2.09. The van der Waals surface area contributed by atoms with Crippen LogP contribution in [-0.4, -0.2) is 5.11 Å². The van der Waals surface area contributed by atoms with Gasteiger partial charge in [-0.1, -0.05) is 51.5 Å². The highest BCUT2D eigenvalue weighted by Crippen LogP contribution is 2.20. The molecule has 2 aromatic rings. The van der Waals surface area contributed by atoms with Crippen LogP contribution in [0.4, 0.5) is 0 Å². The molecule has 0 aliphatic heterocycles. The Kier molecular flexibility index (Phi) is 8.14. The fourth-order valence-electron chi connectivity index (χ4n) is 2.64. The number of aryl methyl sites for hydroxylation is 1. The Morgan fingerprint density at radius 1 is 0.905 bits per heavy atom. The van der Waals surface area contributed by atoms with Crippen molar-refractivity contribution < 1.29 is 22.5 Å². The van der Waals surface area contributed by atoms with E-state index in [1.807, 2.05) is 12.1 Å². The van der Waals surface area contributed by atoms with Gasteiger partial charge in [0.2, 0.25) is 0 Å². The lowest BCUT2D eigenvalue weighted by Gasteiger charge is -2.00. The van der Waals surface area contributed by atoms with Crippen LogP contribution >= 0.6 is 0 Å². The largest absolute Gasteiger partial charge is 1.00 e. The van der Waals surface area contributed by atoms with E-state index < -0.39 is 0 Å². The van der Waals surface area contributed by atoms with Gasteiger partial charge in [0.1, 0.15) is 0 Å².